The number of hydrogen-bond donors (Lipinski definition) is 1. The van der Waals surface area contributed by atoms with Gasteiger partial charge >= 0.3 is 0 Å². The van der Waals surface area contributed by atoms with Gasteiger partial charge in [-0.3, -0.25) is 14.6 Å². The predicted octanol–water partition coefficient (Wildman–Crippen LogP) is 4.51. The van der Waals surface area contributed by atoms with E-state index in [1.54, 1.807) is 61.7 Å². The number of phenols is 1. The second-order valence-electron chi connectivity index (χ2n) is 7.64. The lowest BCUT2D eigenvalue weighted by Gasteiger charge is -2.24. The zero-order chi connectivity index (χ0) is 23.1. The molecular formula is C24H17ClN4O4. The van der Waals surface area contributed by atoms with Crippen molar-refractivity contribution in [2.24, 2.45) is 0 Å². The van der Waals surface area contributed by atoms with E-state index in [-0.39, 0.29) is 23.4 Å². The first-order chi connectivity index (χ1) is 15.9. The number of halogens is 1. The van der Waals surface area contributed by atoms with Gasteiger partial charge in [-0.15, -0.1) is 10.2 Å². The molecule has 1 N–H and O–H groups in total. The number of pyridine rings is 1. The SMILES string of the molecule is CC1C(C(=O)c2nnc(-c3ccccn3)o2)c2cc(O)ccc2N1C(=O)c1ccc(Cl)cc1. The molecule has 1 aliphatic rings. The van der Waals surface area contributed by atoms with Crippen LogP contribution in [0, 0.1) is 0 Å². The Morgan fingerprint density at radius 3 is 2.58 bits per heavy atom. The maximum atomic E-state index is 13.5. The van der Waals surface area contributed by atoms with Crippen LogP contribution in [-0.4, -0.2) is 38.0 Å². The van der Waals surface area contributed by atoms with Gasteiger partial charge in [0, 0.05) is 28.5 Å². The van der Waals surface area contributed by atoms with Gasteiger partial charge in [-0.2, -0.15) is 0 Å². The molecule has 0 bridgehead atoms. The summed E-state index contributed by atoms with van der Waals surface area (Å²) in [6, 6.07) is 15.8. The van der Waals surface area contributed by atoms with Crippen molar-refractivity contribution in [2.45, 2.75) is 18.9 Å². The fraction of sp³-hybridized carbons (Fsp3) is 0.125. The molecule has 3 heterocycles. The van der Waals surface area contributed by atoms with Crippen molar-refractivity contribution in [2.75, 3.05) is 4.90 Å². The van der Waals surface area contributed by atoms with Gasteiger partial charge in [0.2, 0.25) is 5.78 Å². The molecule has 2 atom stereocenters. The number of hydrogen-bond acceptors (Lipinski definition) is 7. The van der Waals surface area contributed by atoms with E-state index in [4.69, 9.17) is 16.0 Å². The lowest BCUT2D eigenvalue weighted by molar-refractivity contribution is 0.0910. The molecule has 0 radical (unpaired) electrons. The minimum atomic E-state index is -0.805. The number of amides is 1. The van der Waals surface area contributed by atoms with Gasteiger partial charge in [0.05, 0.1) is 5.92 Å². The van der Waals surface area contributed by atoms with Gasteiger partial charge in [-0.25, -0.2) is 0 Å². The first kappa shape index (κ1) is 20.8. The van der Waals surface area contributed by atoms with E-state index < -0.39 is 17.7 Å². The molecule has 164 valence electrons. The standard InChI is InChI=1S/C24H17ClN4O4/c1-13-20(21(31)23-28-27-22(33-23)18-4-2-3-11-26-18)17-12-16(30)9-10-19(17)29(13)24(32)14-5-7-15(25)8-6-14/h2-13,20,30H,1H3. The van der Waals surface area contributed by atoms with Gasteiger partial charge in [0.15, 0.2) is 0 Å². The highest BCUT2D eigenvalue weighted by Gasteiger charge is 2.45. The quantitative estimate of drug-likeness (QED) is 0.446. The highest BCUT2D eigenvalue weighted by atomic mass is 35.5. The van der Waals surface area contributed by atoms with E-state index in [1.165, 1.54) is 17.0 Å². The van der Waals surface area contributed by atoms with Gasteiger partial charge < -0.3 is 14.4 Å². The number of carbonyl (C=O) groups is 2. The van der Waals surface area contributed by atoms with Crippen molar-refractivity contribution in [3.05, 3.63) is 88.9 Å². The number of carbonyl (C=O) groups excluding carboxylic acids is 2. The van der Waals surface area contributed by atoms with Crippen molar-refractivity contribution in [1.82, 2.24) is 15.2 Å². The van der Waals surface area contributed by atoms with Crippen LogP contribution in [0.4, 0.5) is 5.69 Å². The molecule has 0 saturated heterocycles. The summed E-state index contributed by atoms with van der Waals surface area (Å²) in [5.41, 5.74) is 1.91. The van der Waals surface area contributed by atoms with Crippen molar-refractivity contribution < 1.29 is 19.1 Å². The molecule has 0 spiro atoms. The van der Waals surface area contributed by atoms with Crippen LogP contribution in [-0.2, 0) is 0 Å². The minimum Gasteiger partial charge on any atom is -0.508 e. The minimum absolute atomic E-state index is 0.0146. The third-order valence-electron chi connectivity index (χ3n) is 5.61. The predicted molar refractivity (Wildman–Crippen MR) is 120 cm³/mol. The fourth-order valence-corrected chi connectivity index (χ4v) is 4.20. The maximum absolute atomic E-state index is 13.5. The summed E-state index contributed by atoms with van der Waals surface area (Å²) in [5.74, 6) is -1.63. The Balaban J connectivity index is 1.52. The average Bonchev–Trinajstić information content (AvgIpc) is 3.42. The molecule has 2 aromatic carbocycles. The lowest BCUT2D eigenvalue weighted by Crippen LogP contribution is -2.39. The molecule has 2 unspecified atom stereocenters. The van der Waals surface area contributed by atoms with E-state index in [0.29, 0.717) is 27.5 Å². The Labute approximate surface area is 193 Å². The number of fused-ring (bicyclic) bond motifs is 1. The highest BCUT2D eigenvalue weighted by molar-refractivity contribution is 6.30. The molecule has 1 amide bonds. The van der Waals surface area contributed by atoms with Crippen LogP contribution in [0.5, 0.6) is 5.75 Å². The summed E-state index contributed by atoms with van der Waals surface area (Å²) >= 11 is 5.96. The van der Waals surface area contributed by atoms with E-state index in [0.717, 1.165) is 0 Å². The molecule has 0 fully saturated rings. The number of benzene rings is 2. The van der Waals surface area contributed by atoms with Crippen molar-refractivity contribution in [3.8, 4) is 17.3 Å². The molecule has 0 saturated carbocycles. The topological polar surface area (TPSA) is 109 Å². The third kappa shape index (κ3) is 3.64. The fourth-order valence-electron chi connectivity index (χ4n) is 4.07. The van der Waals surface area contributed by atoms with Gasteiger partial charge in [0.25, 0.3) is 17.7 Å². The average molecular weight is 461 g/mol. The zero-order valence-corrected chi connectivity index (χ0v) is 18.1. The number of ketones is 1. The molecule has 4 aromatic rings. The van der Waals surface area contributed by atoms with Crippen molar-refractivity contribution in [3.63, 3.8) is 0 Å². The maximum Gasteiger partial charge on any atom is 0.285 e. The molecular weight excluding hydrogens is 444 g/mol. The van der Waals surface area contributed by atoms with Crippen LogP contribution in [0.2, 0.25) is 5.02 Å². The van der Waals surface area contributed by atoms with Gasteiger partial charge in [-0.1, -0.05) is 17.7 Å². The Hall–Kier alpha value is -4.04. The smallest absolute Gasteiger partial charge is 0.285 e. The molecule has 33 heavy (non-hydrogen) atoms. The van der Waals surface area contributed by atoms with Crippen LogP contribution in [0.3, 0.4) is 0 Å². The number of Topliss-reactive ketones (excluding diaryl/α,β-unsaturated/α-hetero) is 1. The van der Waals surface area contributed by atoms with Gasteiger partial charge in [0.1, 0.15) is 11.4 Å². The number of phenolic OH excluding ortho intramolecular Hbond substituents is 1. The summed E-state index contributed by atoms with van der Waals surface area (Å²) in [7, 11) is 0. The first-order valence-corrected chi connectivity index (χ1v) is 10.5. The molecule has 9 heteroatoms. The number of anilines is 1. The Bertz CT molecular complexity index is 1350. The summed E-state index contributed by atoms with van der Waals surface area (Å²) in [5, 5.41) is 18.5. The van der Waals surface area contributed by atoms with Crippen molar-refractivity contribution in [1.29, 1.82) is 0 Å². The largest absolute Gasteiger partial charge is 0.508 e. The molecule has 5 rings (SSSR count). The second kappa shape index (κ2) is 8.14. The summed E-state index contributed by atoms with van der Waals surface area (Å²) in [6.45, 7) is 1.77. The molecule has 1 aliphatic heterocycles. The number of nitrogens with zero attached hydrogens (tertiary/aromatic N) is 4. The number of aromatic hydroxyl groups is 1. The van der Waals surface area contributed by atoms with Crippen LogP contribution in [0.25, 0.3) is 11.6 Å². The van der Waals surface area contributed by atoms with Crippen molar-refractivity contribution >= 4 is 29.0 Å². The molecule has 8 nitrogen and oxygen atoms in total. The van der Waals surface area contributed by atoms with E-state index in [1.807, 2.05) is 0 Å². The lowest BCUT2D eigenvalue weighted by atomic mass is 9.91. The highest BCUT2D eigenvalue weighted by Crippen LogP contribution is 2.44. The number of rotatable bonds is 4. The summed E-state index contributed by atoms with van der Waals surface area (Å²) in [4.78, 5) is 32.5. The molecule has 0 aliphatic carbocycles. The van der Waals surface area contributed by atoms with Crippen LogP contribution < -0.4 is 4.90 Å². The summed E-state index contributed by atoms with van der Waals surface area (Å²) < 4.78 is 5.62. The molecule has 2 aromatic heterocycles. The Kier molecular flexibility index (Phi) is 5.14. The van der Waals surface area contributed by atoms with E-state index in [2.05, 4.69) is 15.2 Å². The normalized spacial score (nSPS) is 17.1. The number of aromatic nitrogens is 3. The zero-order valence-electron chi connectivity index (χ0n) is 17.3. The first-order valence-electron chi connectivity index (χ1n) is 10.1. The third-order valence-corrected chi connectivity index (χ3v) is 5.86. The monoisotopic (exact) mass is 460 g/mol. The van der Waals surface area contributed by atoms with Gasteiger partial charge in [-0.05, 0) is 67.1 Å². The van der Waals surface area contributed by atoms with Crippen LogP contribution in [0.1, 0.15) is 39.4 Å². The Morgan fingerprint density at radius 1 is 1.06 bits per heavy atom. The van der Waals surface area contributed by atoms with E-state index >= 15 is 0 Å². The summed E-state index contributed by atoms with van der Waals surface area (Å²) in [6.07, 6.45) is 1.58. The van der Waals surface area contributed by atoms with Crippen LogP contribution >= 0.6 is 11.6 Å². The van der Waals surface area contributed by atoms with E-state index in [9.17, 15) is 14.7 Å². The van der Waals surface area contributed by atoms with Crippen LogP contribution in [0.15, 0.2) is 71.3 Å². The second-order valence-corrected chi connectivity index (χ2v) is 8.07. The Morgan fingerprint density at radius 2 is 1.85 bits per heavy atom.